The SMILES string of the molecule is COC(=O)C1C=NC(C)(C)C(C(=O)OC)C1c1ccccc1. The molecule has 0 bridgehead atoms. The van der Waals surface area contributed by atoms with Gasteiger partial charge in [-0.2, -0.15) is 0 Å². The molecular weight excluding hydrogens is 282 g/mol. The predicted molar refractivity (Wildman–Crippen MR) is 82.8 cm³/mol. The molecule has 5 nitrogen and oxygen atoms in total. The molecular formula is C17H21NO4. The van der Waals surface area contributed by atoms with Crippen molar-refractivity contribution >= 4 is 18.2 Å². The Hall–Kier alpha value is -2.17. The summed E-state index contributed by atoms with van der Waals surface area (Å²) in [5.74, 6) is -2.31. The third-order valence-electron chi connectivity index (χ3n) is 4.19. The Balaban J connectivity index is 2.58. The van der Waals surface area contributed by atoms with Crippen LogP contribution in [0, 0.1) is 11.8 Å². The molecule has 0 fully saturated rings. The monoisotopic (exact) mass is 303 g/mol. The number of hydrogen-bond acceptors (Lipinski definition) is 5. The lowest BCUT2D eigenvalue weighted by molar-refractivity contribution is -0.151. The number of nitrogens with zero attached hydrogens (tertiary/aromatic N) is 1. The first kappa shape index (κ1) is 16.2. The number of rotatable bonds is 3. The number of benzene rings is 1. The number of ether oxygens (including phenoxy) is 2. The summed E-state index contributed by atoms with van der Waals surface area (Å²) in [6.07, 6.45) is 1.60. The molecule has 1 aromatic rings. The van der Waals surface area contributed by atoms with E-state index in [1.807, 2.05) is 44.2 Å². The van der Waals surface area contributed by atoms with Gasteiger partial charge in [0.25, 0.3) is 0 Å². The largest absolute Gasteiger partial charge is 0.469 e. The van der Waals surface area contributed by atoms with Crippen molar-refractivity contribution in [3.63, 3.8) is 0 Å². The van der Waals surface area contributed by atoms with Gasteiger partial charge in [0.05, 0.1) is 31.6 Å². The Kier molecular flexibility index (Phi) is 4.64. The van der Waals surface area contributed by atoms with Gasteiger partial charge < -0.3 is 9.47 Å². The quantitative estimate of drug-likeness (QED) is 0.803. The first-order valence-corrected chi connectivity index (χ1v) is 7.18. The summed E-state index contributed by atoms with van der Waals surface area (Å²) in [5, 5.41) is 0. The molecule has 1 heterocycles. The van der Waals surface area contributed by atoms with Crippen LogP contribution in [0.3, 0.4) is 0 Å². The minimum Gasteiger partial charge on any atom is -0.469 e. The number of hydrogen-bond donors (Lipinski definition) is 0. The second kappa shape index (κ2) is 6.30. The van der Waals surface area contributed by atoms with Crippen LogP contribution in [0.4, 0.5) is 0 Å². The number of esters is 2. The summed E-state index contributed by atoms with van der Waals surface area (Å²) in [7, 11) is 2.69. The van der Waals surface area contributed by atoms with Gasteiger partial charge in [-0.1, -0.05) is 30.3 Å². The highest BCUT2D eigenvalue weighted by molar-refractivity contribution is 5.94. The number of carbonyl (C=O) groups is 2. The van der Waals surface area contributed by atoms with Crippen molar-refractivity contribution in [3.05, 3.63) is 35.9 Å². The minimum atomic E-state index is -0.655. The van der Waals surface area contributed by atoms with Crippen LogP contribution < -0.4 is 0 Å². The van der Waals surface area contributed by atoms with E-state index < -0.39 is 23.3 Å². The fourth-order valence-corrected chi connectivity index (χ4v) is 3.07. The van der Waals surface area contributed by atoms with Crippen LogP contribution in [-0.4, -0.2) is 37.9 Å². The van der Waals surface area contributed by atoms with Gasteiger partial charge in [-0.15, -0.1) is 0 Å². The van der Waals surface area contributed by atoms with Gasteiger partial charge in [-0.25, -0.2) is 0 Å². The molecule has 0 aromatic heterocycles. The number of carbonyl (C=O) groups excluding carboxylic acids is 2. The summed E-state index contributed by atoms with van der Waals surface area (Å²) in [5.41, 5.74) is 0.241. The van der Waals surface area contributed by atoms with Crippen molar-refractivity contribution in [1.29, 1.82) is 0 Å². The molecule has 3 atom stereocenters. The molecule has 0 saturated heterocycles. The van der Waals surface area contributed by atoms with E-state index in [9.17, 15) is 9.59 Å². The van der Waals surface area contributed by atoms with E-state index in [0.29, 0.717) is 0 Å². The van der Waals surface area contributed by atoms with E-state index in [0.717, 1.165) is 5.56 Å². The molecule has 0 aliphatic carbocycles. The summed E-state index contributed by atoms with van der Waals surface area (Å²) >= 11 is 0. The molecule has 0 saturated carbocycles. The standard InChI is InChI=1S/C17H21NO4/c1-17(2)14(16(20)22-4)13(11-8-6-5-7-9-11)12(10-18-17)15(19)21-3/h5-10,12-14H,1-4H3. The average molecular weight is 303 g/mol. The van der Waals surface area contributed by atoms with Crippen molar-refractivity contribution in [2.24, 2.45) is 16.8 Å². The summed E-state index contributed by atoms with van der Waals surface area (Å²) in [4.78, 5) is 28.9. The van der Waals surface area contributed by atoms with E-state index in [-0.39, 0.29) is 11.9 Å². The molecule has 5 heteroatoms. The smallest absolute Gasteiger partial charge is 0.314 e. The van der Waals surface area contributed by atoms with Gasteiger partial charge in [-0.05, 0) is 19.4 Å². The summed E-state index contributed by atoms with van der Waals surface area (Å²) in [6.45, 7) is 3.74. The highest BCUT2D eigenvalue weighted by atomic mass is 16.5. The van der Waals surface area contributed by atoms with Crippen LogP contribution in [0.1, 0.15) is 25.3 Å². The topological polar surface area (TPSA) is 65.0 Å². The predicted octanol–water partition coefficient (Wildman–Crippen LogP) is 2.21. The zero-order valence-electron chi connectivity index (χ0n) is 13.3. The molecule has 0 radical (unpaired) electrons. The molecule has 0 amide bonds. The number of aliphatic imine (C=N–C) groups is 1. The van der Waals surface area contributed by atoms with Gasteiger partial charge in [0, 0.05) is 12.1 Å². The molecule has 3 unspecified atom stereocenters. The van der Waals surface area contributed by atoms with E-state index in [4.69, 9.17) is 9.47 Å². The van der Waals surface area contributed by atoms with Gasteiger partial charge in [-0.3, -0.25) is 14.6 Å². The summed E-state index contributed by atoms with van der Waals surface area (Å²) < 4.78 is 9.86. The van der Waals surface area contributed by atoms with Gasteiger partial charge in [0.15, 0.2) is 0 Å². The fraction of sp³-hybridized carbons (Fsp3) is 0.471. The lowest BCUT2D eigenvalue weighted by atomic mass is 9.67. The molecule has 0 spiro atoms. The van der Waals surface area contributed by atoms with Gasteiger partial charge in [0.2, 0.25) is 0 Å². The molecule has 1 aliphatic heterocycles. The van der Waals surface area contributed by atoms with E-state index in [1.165, 1.54) is 14.2 Å². The second-order valence-electron chi connectivity index (χ2n) is 5.92. The molecule has 2 rings (SSSR count). The maximum absolute atomic E-state index is 12.4. The number of methoxy groups -OCH3 is 2. The molecule has 1 aliphatic rings. The van der Waals surface area contributed by atoms with Crippen LogP contribution in [-0.2, 0) is 19.1 Å². The third-order valence-corrected chi connectivity index (χ3v) is 4.19. The molecule has 0 N–H and O–H groups in total. The third kappa shape index (κ3) is 2.89. The second-order valence-corrected chi connectivity index (χ2v) is 5.92. The van der Waals surface area contributed by atoms with Gasteiger partial charge >= 0.3 is 11.9 Å². The summed E-state index contributed by atoms with van der Waals surface area (Å²) in [6, 6.07) is 9.48. The van der Waals surface area contributed by atoms with Crippen LogP contribution in [0.15, 0.2) is 35.3 Å². The first-order valence-electron chi connectivity index (χ1n) is 7.18. The average Bonchev–Trinajstić information content (AvgIpc) is 2.53. The lowest BCUT2D eigenvalue weighted by Crippen LogP contribution is -2.48. The Bertz CT molecular complexity index is 580. The van der Waals surface area contributed by atoms with Gasteiger partial charge in [0.1, 0.15) is 0 Å². The highest BCUT2D eigenvalue weighted by Crippen LogP contribution is 2.43. The van der Waals surface area contributed by atoms with Crippen LogP contribution >= 0.6 is 0 Å². The van der Waals surface area contributed by atoms with Crippen LogP contribution in [0.2, 0.25) is 0 Å². The molecule has 1 aromatic carbocycles. The van der Waals surface area contributed by atoms with Crippen molar-refractivity contribution in [2.45, 2.75) is 25.3 Å². The maximum atomic E-state index is 12.4. The normalized spacial score (nSPS) is 26.3. The van der Waals surface area contributed by atoms with Crippen molar-refractivity contribution in [3.8, 4) is 0 Å². The van der Waals surface area contributed by atoms with Crippen LogP contribution in [0.5, 0.6) is 0 Å². The Morgan fingerprint density at radius 2 is 1.64 bits per heavy atom. The zero-order chi connectivity index (χ0) is 16.3. The Morgan fingerprint density at radius 3 is 2.18 bits per heavy atom. The first-order chi connectivity index (χ1) is 10.4. The van der Waals surface area contributed by atoms with Crippen molar-refractivity contribution < 1.29 is 19.1 Å². The molecule has 22 heavy (non-hydrogen) atoms. The Morgan fingerprint density at radius 1 is 1.05 bits per heavy atom. The lowest BCUT2D eigenvalue weighted by Gasteiger charge is -2.40. The fourth-order valence-electron chi connectivity index (χ4n) is 3.07. The van der Waals surface area contributed by atoms with Crippen molar-refractivity contribution in [2.75, 3.05) is 14.2 Å². The van der Waals surface area contributed by atoms with E-state index >= 15 is 0 Å². The molecule has 118 valence electrons. The highest BCUT2D eigenvalue weighted by Gasteiger charge is 2.50. The zero-order valence-corrected chi connectivity index (χ0v) is 13.3. The van der Waals surface area contributed by atoms with E-state index in [2.05, 4.69) is 4.99 Å². The maximum Gasteiger partial charge on any atom is 0.314 e. The van der Waals surface area contributed by atoms with E-state index in [1.54, 1.807) is 6.21 Å². The Labute approximate surface area is 130 Å². The van der Waals surface area contributed by atoms with Crippen molar-refractivity contribution in [1.82, 2.24) is 0 Å². The van der Waals surface area contributed by atoms with Crippen LogP contribution in [0.25, 0.3) is 0 Å². The minimum absolute atomic E-state index is 0.367.